The molecular weight excluding hydrogens is 1480 g/mol. The van der Waals surface area contributed by atoms with Gasteiger partial charge >= 0.3 is 187 Å². The third kappa shape index (κ3) is 19.1. The van der Waals surface area contributed by atoms with Crippen LogP contribution in [-0.2, 0) is 19.6 Å². The quantitative estimate of drug-likeness (QED) is 0.0210. The van der Waals surface area contributed by atoms with Gasteiger partial charge in [-0.3, -0.25) is 0 Å². The van der Waals surface area contributed by atoms with Gasteiger partial charge in [0.15, 0.2) is 44.3 Å². The molecule has 9 aromatic rings. The molecule has 0 aliphatic heterocycles. The van der Waals surface area contributed by atoms with Crippen molar-refractivity contribution >= 4 is 188 Å². The number of anilines is 3. The molecule has 9 rings (SSSR count). The SMILES string of the molecule is CC(C)NCCCn1c(Sc2cc(Cl)c[c]([Sn]([CH3])([CH3])[CH3])c2)nc2c(N)ncnc21.CC(C)NCCCn1c(Sc2cc(Cl)cc(I)c2)nc2c(N)ncnc21.CC(C)NCCCn1c(Sc2cc(Cl)cc([131I])c2)nc2c(N)ncnc21. The Bertz CT molecular complexity index is 3370. The van der Waals surface area contributed by atoms with Crippen LogP contribution >= 0.6 is 115 Å². The molecule has 0 unspecified atom stereocenters. The molecule has 0 bridgehead atoms. The first-order valence-electron chi connectivity index (χ1n) is 26.4. The summed E-state index contributed by atoms with van der Waals surface area (Å²) in [6.45, 7) is 18.1. The van der Waals surface area contributed by atoms with Gasteiger partial charge in [-0.2, -0.15) is 0 Å². The van der Waals surface area contributed by atoms with Crippen LogP contribution in [0, 0.1) is 7.14 Å². The number of nitrogens with one attached hydrogen (secondary N) is 3. The summed E-state index contributed by atoms with van der Waals surface area (Å²) in [6.07, 6.45) is 7.38. The third-order valence-corrected chi connectivity index (χ3v) is 22.5. The molecule has 0 aliphatic rings. The van der Waals surface area contributed by atoms with Crippen molar-refractivity contribution in [2.45, 2.75) is 144 Å². The van der Waals surface area contributed by atoms with Gasteiger partial charge in [0.05, 0.1) is 0 Å². The molecule has 0 aliphatic carbocycles. The average molecular weight is 1550 g/mol. The number of benzene rings is 3. The second-order valence-corrected chi connectivity index (χ2v) is 42.2. The molecule has 81 heavy (non-hydrogen) atoms. The monoisotopic (exact) mass is 1550 g/mol. The van der Waals surface area contributed by atoms with Crippen LogP contribution in [0.2, 0.25) is 29.9 Å². The topological polar surface area (TPSA) is 245 Å². The van der Waals surface area contributed by atoms with Gasteiger partial charge in [-0.15, -0.1) is 0 Å². The number of aryl methyl sites for hydroxylation is 3. The number of imidazole rings is 3. The second kappa shape index (κ2) is 30.7. The Morgan fingerprint density at radius 2 is 0.852 bits per heavy atom. The number of aromatic nitrogens is 12. The van der Waals surface area contributed by atoms with Crippen LogP contribution in [0.5, 0.6) is 0 Å². The molecule has 27 heteroatoms. The van der Waals surface area contributed by atoms with E-state index in [9.17, 15) is 0 Å². The molecule has 432 valence electrons. The van der Waals surface area contributed by atoms with Crippen molar-refractivity contribution in [1.29, 1.82) is 0 Å². The molecule has 0 amide bonds. The fraction of sp³-hybridized carbons (Fsp3) is 0.389. The van der Waals surface area contributed by atoms with E-state index in [1.807, 2.05) is 30.3 Å². The number of hydrogen-bond donors (Lipinski definition) is 6. The van der Waals surface area contributed by atoms with Crippen LogP contribution in [0.25, 0.3) is 33.5 Å². The summed E-state index contributed by atoms with van der Waals surface area (Å²) >= 11 is 25.8. The van der Waals surface area contributed by atoms with Crippen molar-refractivity contribution in [3.05, 3.63) is 95.8 Å². The minimum Gasteiger partial charge on any atom is -0.382 e. The predicted molar refractivity (Wildman–Crippen MR) is 358 cm³/mol. The summed E-state index contributed by atoms with van der Waals surface area (Å²) < 4.78 is 9.92. The summed E-state index contributed by atoms with van der Waals surface area (Å²) in [5.41, 5.74) is 22.3. The number of nitrogens with two attached hydrogens (primary N) is 3. The number of fused-ring (bicyclic) bond motifs is 3. The maximum atomic E-state index is 6.44. The van der Waals surface area contributed by atoms with E-state index in [0.29, 0.717) is 62.2 Å². The first-order valence-corrected chi connectivity index (χ1v) is 42.1. The normalized spacial score (nSPS) is 11.8. The van der Waals surface area contributed by atoms with E-state index in [0.717, 1.165) is 118 Å². The minimum atomic E-state index is -2.24. The molecular formula is C54H69Cl3I2N18S3Sn. The fourth-order valence-corrected chi connectivity index (χ4v) is 18.0. The van der Waals surface area contributed by atoms with Gasteiger partial charge < -0.3 is 31.2 Å². The van der Waals surface area contributed by atoms with Crippen LogP contribution in [0.15, 0.2) is 104 Å². The molecule has 0 spiro atoms. The first-order chi connectivity index (χ1) is 38.5. The maximum absolute atomic E-state index is 6.44. The van der Waals surface area contributed by atoms with Gasteiger partial charge in [0.2, 0.25) is 0 Å². The second-order valence-electron chi connectivity index (χ2n) is 20.8. The van der Waals surface area contributed by atoms with E-state index in [2.05, 4.69) is 185 Å². The zero-order valence-corrected chi connectivity index (χ0v) is 58.6. The molecule has 3 aromatic carbocycles. The predicted octanol–water partition coefficient (Wildman–Crippen LogP) is 12.6. The van der Waals surface area contributed by atoms with Crippen molar-refractivity contribution in [2.75, 3.05) is 36.8 Å². The zero-order valence-electron chi connectivity index (χ0n) is 46.7. The molecule has 6 aromatic heterocycles. The van der Waals surface area contributed by atoms with E-state index < -0.39 is 18.4 Å². The van der Waals surface area contributed by atoms with Crippen molar-refractivity contribution in [2.24, 2.45) is 0 Å². The van der Waals surface area contributed by atoms with Crippen LogP contribution in [0.1, 0.15) is 60.8 Å². The number of nitrogen functional groups attached to an aromatic ring is 3. The standard InChI is InChI=1S/2C17H20ClIN6S.C17H20ClN6S.3CH3.Sn/c2*1-10(2)21-4-3-5-25-16-14(15(20)22-9-23-16)24-17(25)26-13-7-11(18)6-12(19)8-13;1-11(2)20-7-4-8-24-16-14(15(19)21-10-22-16)23-17(24)25-13-6-3-5-12(18)9-13;;;;/h2*6-10,21H,3-5H2,1-2H3,(H2,20,22,23);5-6,9-11,20H,4,7-8H2,1-2H3,(H2,19,21,22);3*1H3;/i19+4;;;;;;. The first kappa shape index (κ1) is 65.3. The van der Waals surface area contributed by atoms with Gasteiger partial charge in [0.1, 0.15) is 12.7 Å². The Labute approximate surface area is 533 Å². The van der Waals surface area contributed by atoms with Gasteiger partial charge in [-0.1, -0.05) is 74.4 Å². The Hall–Kier alpha value is -3.23. The molecule has 6 heterocycles. The Morgan fingerprint density at radius 1 is 0.506 bits per heavy atom. The van der Waals surface area contributed by atoms with Gasteiger partial charge in [0.25, 0.3) is 0 Å². The molecule has 0 saturated carbocycles. The fourth-order valence-electron chi connectivity index (χ4n) is 8.07. The molecule has 9 N–H and O–H groups in total. The summed E-state index contributed by atoms with van der Waals surface area (Å²) in [5, 5.41) is 15.1. The Morgan fingerprint density at radius 3 is 1.20 bits per heavy atom. The summed E-state index contributed by atoms with van der Waals surface area (Å²) in [6, 6.07) is 19.7. The van der Waals surface area contributed by atoms with E-state index in [4.69, 9.17) is 67.0 Å². The molecule has 0 saturated heterocycles. The largest absolute Gasteiger partial charge is 0.382 e. The summed E-state index contributed by atoms with van der Waals surface area (Å²) in [4.78, 5) is 50.0. The van der Waals surface area contributed by atoms with Crippen LogP contribution in [0.3, 0.4) is 0 Å². The number of rotatable bonds is 22. The maximum Gasteiger partial charge on any atom is 0.175 e. The third-order valence-electron chi connectivity index (χ3n) is 11.9. The van der Waals surface area contributed by atoms with Crippen molar-refractivity contribution < 1.29 is 0 Å². The molecule has 0 atom stereocenters. The minimum absolute atomic E-state index is 0.400. The van der Waals surface area contributed by atoms with Crippen molar-refractivity contribution in [1.82, 2.24) is 74.5 Å². The zero-order chi connectivity index (χ0) is 58.5. The molecule has 0 fully saturated rings. The molecule has 18 nitrogen and oxygen atoms in total. The smallest absolute Gasteiger partial charge is 0.175 e. The van der Waals surface area contributed by atoms with E-state index in [-0.39, 0.29) is 0 Å². The van der Waals surface area contributed by atoms with Gasteiger partial charge in [0, 0.05) is 52.1 Å². The summed E-state index contributed by atoms with van der Waals surface area (Å²) in [5.74, 6) is 1.21. The number of hydrogen-bond acceptors (Lipinski definition) is 18. The van der Waals surface area contributed by atoms with Gasteiger partial charge in [-0.05, 0) is 108 Å². The van der Waals surface area contributed by atoms with Crippen molar-refractivity contribution in [3.8, 4) is 0 Å². The Kier molecular flexibility index (Phi) is 24.8. The number of nitrogens with zero attached hydrogens (tertiary/aromatic N) is 12. The van der Waals surface area contributed by atoms with Gasteiger partial charge in [-0.25, -0.2) is 29.9 Å². The van der Waals surface area contributed by atoms with E-state index in [1.54, 1.807) is 35.3 Å². The molecule has 0 radical (unpaired) electrons. The van der Waals surface area contributed by atoms with Crippen LogP contribution < -0.4 is 36.7 Å². The average Bonchev–Trinajstić information content (AvgIpc) is 4.05. The van der Waals surface area contributed by atoms with Crippen LogP contribution in [-0.4, -0.2) is 115 Å². The number of halogens is 5. The van der Waals surface area contributed by atoms with Crippen LogP contribution in [0.4, 0.5) is 17.5 Å². The van der Waals surface area contributed by atoms with Crippen molar-refractivity contribution in [3.63, 3.8) is 0 Å². The van der Waals surface area contributed by atoms with E-state index in [1.165, 1.54) is 22.6 Å². The summed E-state index contributed by atoms with van der Waals surface area (Å²) in [7, 11) is 0. The Balaban J connectivity index is 0.000000176. The van der Waals surface area contributed by atoms with E-state index >= 15 is 0 Å².